The van der Waals surface area contributed by atoms with Gasteiger partial charge in [0.1, 0.15) is 10.5 Å². The largest absolute Gasteiger partial charge is 0.325 e. The van der Waals surface area contributed by atoms with Crippen LogP contribution < -0.4 is 10.9 Å². The molecule has 1 amide bonds. The number of carbonyl (C=O) groups is 1. The summed E-state index contributed by atoms with van der Waals surface area (Å²) in [4.78, 5) is 30.4. The standard InChI is InChI=1S/C24H22FN3O2S2/c1-15(2)18-5-3-4-6-19(18)26-21(29)14-32-24-27-20-11-12-31-22(20)23(30)28(24)13-16-7-9-17(25)10-8-16/h3-12,15H,13-14H2,1-2H3,(H,26,29). The fourth-order valence-corrected chi connectivity index (χ4v) is 4.95. The number of benzene rings is 2. The van der Waals surface area contributed by atoms with Gasteiger partial charge in [0.25, 0.3) is 5.56 Å². The Bertz CT molecular complexity index is 1310. The Kier molecular flexibility index (Phi) is 6.72. The highest BCUT2D eigenvalue weighted by Crippen LogP contribution is 2.25. The second-order valence-corrected chi connectivity index (χ2v) is 9.48. The number of fused-ring (bicyclic) bond motifs is 1. The molecule has 164 valence electrons. The van der Waals surface area contributed by atoms with Crippen molar-refractivity contribution in [1.82, 2.24) is 9.55 Å². The number of thiophene rings is 1. The van der Waals surface area contributed by atoms with Crippen LogP contribution in [0.15, 0.2) is 69.9 Å². The predicted octanol–water partition coefficient (Wildman–Crippen LogP) is 5.50. The van der Waals surface area contributed by atoms with E-state index >= 15 is 0 Å². The molecule has 0 unspecified atom stereocenters. The highest BCUT2D eigenvalue weighted by molar-refractivity contribution is 7.99. The van der Waals surface area contributed by atoms with Crippen molar-refractivity contribution in [3.05, 3.63) is 87.3 Å². The summed E-state index contributed by atoms with van der Waals surface area (Å²) < 4.78 is 15.4. The molecule has 0 bridgehead atoms. The molecule has 0 atom stereocenters. The Hall–Kier alpha value is -2.97. The van der Waals surface area contributed by atoms with Gasteiger partial charge in [-0.15, -0.1) is 11.3 Å². The topological polar surface area (TPSA) is 64.0 Å². The molecule has 1 N–H and O–H groups in total. The van der Waals surface area contributed by atoms with E-state index in [2.05, 4.69) is 24.1 Å². The van der Waals surface area contributed by atoms with Gasteiger partial charge in [-0.1, -0.05) is 55.9 Å². The maximum Gasteiger partial charge on any atom is 0.272 e. The van der Waals surface area contributed by atoms with Crippen molar-refractivity contribution in [2.45, 2.75) is 31.5 Å². The molecule has 5 nitrogen and oxygen atoms in total. The second-order valence-electron chi connectivity index (χ2n) is 7.63. The zero-order valence-electron chi connectivity index (χ0n) is 17.7. The zero-order chi connectivity index (χ0) is 22.7. The van der Waals surface area contributed by atoms with E-state index < -0.39 is 0 Å². The monoisotopic (exact) mass is 467 g/mol. The van der Waals surface area contributed by atoms with E-state index in [9.17, 15) is 14.0 Å². The molecule has 4 rings (SSSR count). The number of hydrogen-bond acceptors (Lipinski definition) is 5. The number of hydrogen-bond donors (Lipinski definition) is 1. The van der Waals surface area contributed by atoms with Gasteiger partial charge in [0.2, 0.25) is 5.91 Å². The molecule has 0 saturated carbocycles. The van der Waals surface area contributed by atoms with E-state index in [1.807, 2.05) is 29.6 Å². The summed E-state index contributed by atoms with van der Waals surface area (Å²) in [5.41, 5.74) is 3.09. The first kappa shape index (κ1) is 22.2. The molecule has 2 heterocycles. The molecule has 0 aliphatic rings. The van der Waals surface area contributed by atoms with Gasteiger partial charge < -0.3 is 5.32 Å². The average Bonchev–Trinajstić information content (AvgIpc) is 3.25. The third-order valence-corrected chi connectivity index (χ3v) is 6.84. The van der Waals surface area contributed by atoms with Crippen molar-refractivity contribution in [3.8, 4) is 0 Å². The van der Waals surface area contributed by atoms with E-state index in [0.29, 0.717) is 15.4 Å². The highest BCUT2D eigenvalue weighted by Gasteiger charge is 2.16. The number of para-hydroxylation sites is 1. The Morgan fingerprint density at radius 3 is 2.66 bits per heavy atom. The molecule has 0 spiro atoms. The normalized spacial score (nSPS) is 11.2. The van der Waals surface area contributed by atoms with Gasteiger partial charge in [0, 0.05) is 5.69 Å². The number of thioether (sulfide) groups is 1. The van der Waals surface area contributed by atoms with Crippen molar-refractivity contribution in [3.63, 3.8) is 0 Å². The molecule has 0 saturated heterocycles. The highest BCUT2D eigenvalue weighted by atomic mass is 32.2. The average molecular weight is 468 g/mol. The maximum atomic E-state index is 13.3. The lowest BCUT2D eigenvalue weighted by Gasteiger charge is -2.14. The Morgan fingerprint density at radius 1 is 1.16 bits per heavy atom. The summed E-state index contributed by atoms with van der Waals surface area (Å²) in [6.45, 7) is 4.40. The molecule has 2 aromatic carbocycles. The molecule has 0 aliphatic carbocycles. The van der Waals surface area contributed by atoms with Gasteiger partial charge in [-0.2, -0.15) is 0 Å². The van der Waals surface area contributed by atoms with Gasteiger partial charge in [-0.05, 0) is 46.7 Å². The van der Waals surface area contributed by atoms with Crippen molar-refractivity contribution >= 4 is 44.9 Å². The Morgan fingerprint density at radius 2 is 1.91 bits per heavy atom. The maximum absolute atomic E-state index is 13.3. The minimum atomic E-state index is -0.333. The zero-order valence-corrected chi connectivity index (χ0v) is 19.3. The number of amides is 1. The Balaban J connectivity index is 1.57. The lowest BCUT2D eigenvalue weighted by atomic mass is 10.0. The lowest BCUT2D eigenvalue weighted by molar-refractivity contribution is -0.113. The summed E-state index contributed by atoms with van der Waals surface area (Å²) in [5.74, 6) is -0.113. The molecular formula is C24H22FN3O2S2. The SMILES string of the molecule is CC(C)c1ccccc1NC(=O)CSc1nc2ccsc2c(=O)n1Cc1ccc(F)cc1. The molecule has 32 heavy (non-hydrogen) atoms. The molecule has 2 aromatic heterocycles. The predicted molar refractivity (Wildman–Crippen MR) is 129 cm³/mol. The number of carbonyl (C=O) groups excluding carboxylic acids is 1. The van der Waals surface area contributed by atoms with Crippen molar-refractivity contribution in [1.29, 1.82) is 0 Å². The van der Waals surface area contributed by atoms with Crippen LogP contribution in [-0.2, 0) is 11.3 Å². The minimum Gasteiger partial charge on any atom is -0.325 e. The molecule has 0 fully saturated rings. The van der Waals surface area contributed by atoms with Crippen LogP contribution in [0.5, 0.6) is 0 Å². The van der Waals surface area contributed by atoms with Gasteiger partial charge in [-0.25, -0.2) is 9.37 Å². The summed E-state index contributed by atoms with van der Waals surface area (Å²) in [7, 11) is 0. The summed E-state index contributed by atoms with van der Waals surface area (Å²) in [6, 6.07) is 15.5. The molecule has 8 heteroatoms. The number of aromatic nitrogens is 2. The number of nitrogens with zero attached hydrogens (tertiary/aromatic N) is 2. The van der Waals surface area contributed by atoms with Crippen LogP contribution >= 0.6 is 23.1 Å². The summed E-state index contributed by atoms with van der Waals surface area (Å²) >= 11 is 2.55. The fourth-order valence-electron chi connectivity index (χ4n) is 3.38. The van der Waals surface area contributed by atoms with Crippen LogP contribution in [0.2, 0.25) is 0 Å². The first-order valence-electron chi connectivity index (χ1n) is 10.2. The first-order chi connectivity index (χ1) is 15.4. The van der Waals surface area contributed by atoms with Crippen LogP contribution in [-0.4, -0.2) is 21.2 Å². The summed E-state index contributed by atoms with van der Waals surface area (Å²) in [6.07, 6.45) is 0. The van der Waals surface area contributed by atoms with E-state index in [0.717, 1.165) is 16.8 Å². The molecule has 0 radical (unpaired) electrons. The van der Waals surface area contributed by atoms with E-state index in [1.165, 1.54) is 35.2 Å². The van der Waals surface area contributed by atoms with E-state index in [4.69, 9.17) is 0 Å². The Labute approximate surface area is 193 Å². The number of anilines is 1. The van der Waals surface area contributed by atoms with Gasteiger partial charge in [-0.3, -0.25) is 14.2 Å². The number of nitrogens with one attached hydrogen (secondary N) is 1. The fraction of sp³-hybridized carbons (Fsp3) is 0.208. The third kappa shape index (κ3) is 4.92. The third-order valence-electron chi connectivity index (χ3n) is 4.97. The van der Waals surface area contributed by atoms with Crippen LogP contribution in [0.1, 0.15) is 30.9 Å². The second kappa shape index (κ2) is 9.67. The van der Waals surface area contributed by atoms with Crippen LogP contribution in [0.3, 0.4) is 0 Å². The quantitative estimate of drug-likeness (QED) is 0.288. The lowest BCUT2D eigenvalue weighted by Crippen LogP contribution is -2.24. The van der Waals surface area contributed by atoms with Crippen LogP contribution in [0, 0.1) is 5.82 Å². The van der Waals surface area contributed by atoms with Gasteiger partial charge >= 0.3 is 0 Å². The van der Waals surface area contributed by atoms with E-state index in [-0.39, 0.29) is 35.5 Å². The van der Waals surface area contributed by atoms with Crippen LogP contribution in [0.25, 0.3) is 10.2 Å². The van der Waals surface area contributed by atoms with Crippen LogP contribution in [0.4, 0.5) is 10.1 Å². The minimum absolute atomic E-state index is 0.109. The smallest absolute Gasteiger partial charge is 0.272 e. The first-order valence-corrected chi connectivity index (χ1v) is 12.0. The number of halogens is 1. The summed E-state index contributed by atoms with van der Waals surface area (Å²) in [5, 5.41) is 5.25. The number of rotatable bonds is 7. The van der Waals surface area contributed by atoms with Crippen molar-refractivity contribution < 1.29 is 9.18 Å². The molecular weight excluding hydrogens is 445 g/mol. The van der Waals surface area contributed by atoms with Gasteiger partial charge in [0.15, 0.2) is 5.16 Å². The van der Waals surface area contributed by atoms with Crippen molar-refractivity contribution in [2.24, 2.45) is 0 Å². The molecule has 4 aromatic rings. The van der Waals surface area contributed by atoms with Gasteiger partial charge in [0.05, 0.1) is 17.8 Å². The van der Waals surface area contributed by atoms with E-state index in [1.54, 1.807) is 22.8 Å². The molecule has 0 aliphatic heterocycles. The van der Waals surface area contributed by atoms with Crippen molar-refractivity contribution in [2.75, 3.05) is 11.1 Å².